The molecule has 6 heteroatoms. The maximum absolute atomic E-state index is 12.6. The predicted molar refractivity (Wildman–Crippen MR) is 118 cm³/mol. The van der Waals surface area contributed by atoms with Crippen molar-refractivity contribution in [3.63, 3.8) is 0 Å². The highest BCUT2D eigenvalue weighted by Gasteiger charge is 2.22. The summed E-state index contributed by atoms with van der Waals surface area (Å²) in [5.41, 5.74) is 3.03. The Kier molecular flexibility index (Phi) is 6.23. The fourth-order valence-electron chi connectivity index (χ4n) is 3.61. The molecule has 1 amide bonds. The minimum absolute atomic E-state index is 0.0195. The van der Waals surface area contributed by atoms with E-state index < -0.39 is 0 Å². The van der Waals surface area contributed by atoms with Gasteiger partial charge >= 0.3 is 0 Å². The average molecular weight is 402 g/mol. The molecule has 0 atom stereocenters. The molecule has 0 saturated carbocycles. The summed E-state index contributed by atoms with van der Waals surface area (Å²) >= 11 is 0. The number of ether oxygens (including phenoxy) is 1. The summed E-state index contributed by atoms with van der Waals surface area (Å²) in [7, 11) is 0. The van der Waals surface area contributed by atoms with Gasteiger partial charge in [-0.1, -0.05) is 55.5 Å². The van der Waals surface area contributed by atoms with Gasteiger partial charge in [0, 0.05) is 31.7 Å². The van der Waals surface area contributed by atoms with E-state index in [0.717, 1.165) is 47.9 Å². The van der Waals surface area contributed by atoms with Gasteiger partial charge in [0.15, 0.2) is 12.4 Å². The van der Waals surface area contributed by atoms with Gasteiger partial charge in [-0.25, -0.2) is 0 Å². The van der Waals surface area contributed by atoms with E-state index in [-0.39, 0.29) is 12.5 Å². The Morgan fingerprint density at radius 2 is 1.63 bits per heavy atom. The minimum Gasteiger partial charge on any atom is -0.483 e. The topological polar surface area (TPSA) is 58.6 Å². The van der Waals surface area contributed by atoms with Crippen LogP contribution in [0.1, 0.15) is 12.5 Å². The van der Waals surface area contributed by atoms with Crippen LogP contribution in [0.5, 0.6) is 5.75 Å². The summed E-state index contributed by atoms with van der Waals surface area (Å²) in [6.45, 7) is 4.92. The molecule has 3 aromatic rings. The van der Waals surface area contributed by atoms with Gasteiger partial charge in [-0.15, -0.1) is 10.2 Å². The fraction of sp³-hybridized carbons (Fsp3) is 0.292. The molecule has 1 aliphatic heterocycles. The number of para-hydroxylation sites is 1. The van der Waals surface area contributed by atoms with E-state index in [1.807, 2.05) is 71.6 Å². The Bertz CT molecular complexity index is 968. The lowest BCUT2D eigenvalue weighted by atomic mass is 10.1. The van der Waals surface area contributed by atoms with Crippen molar-refractivity contribution in [3.8, 4) is 17.0 Å². The maximum atomic E-state index is 12.6. The molecule has 1 fully saturated rings. The first-order valence-electron chi connectivity index (χ1n) is 10.4. The second kappa shape index (κ2) is 9.39. The Labute approximate surface area is 177 Å². The molecule has 2 aromatic carbocycles. The summed E-state index contributed by atoms with van der Waals surface area (Å²) in [4.78, 5) is 16.6. The Morgan fingerprint density at radius 1 is 0.900 bits per heavy atom. The second-order valence-electron chi connectivity index (χ2n) is 7.26. The van der Waals surface area contributed by atoms with Crippen molar-refractivity contribution in [2.45, 2.75) is 13.3 Å². The van der Waals surface area contributed by atoms with Gasteiger partial charge in [0.25, 0.3) is 5.91 Å². The van der Waals surface area contributed by atoms with E-state index in [0.29, 0.717) is 13.1 Å². The van der Waals surface area contributed by atoms with Gasteiger partial charge in [-0.05, 0) is 30.2 Å². The summed E-state index contributed by atoms with van der Waals surface area (Å²) in [5.74, 6) is 1.65. The Morgan fingerprint density at radius 3 is 2.33 bits per heavy atom. The van der Waals surface area contributed by atoms with Crippen molar-refractivity contribution in [3.05, 3.63) is 72.3 Å². The molecule has 0 aliphatic carbocycles. The highest BCUT2D eigenvalue weighted by atomic mass is 16.5. The normalized spacial score (nSPS) is 13.9. The first-order valence-corrected chi connectivity index (χ1v) is 10.4. The van der Waals surface area contributed by atoms with Crippen molar-refractivity contribution in [1.29, 1.82) is 0 Å². The smallest absolute Gasteiger partial charge is 0.260 e. The van der Waals surface area contributed by atoms with E-state index in [1.165, 1.54) is 0 Å². The van der Waals surface area contributed by atoms with Crippen LogP contribution in [0.25, 0.3) is 11.3 Å². The van der Waals surface area contributed by atoms with Crippen LogP contribution in [-0.4, -0.2) is 53.8 Å². The monoisotopic (exact) mass is 402 g/mol. The second-order valence-corrected chi connectivity index (χ2v) is 7.26. The van der Waals surface area contributed by atoms with Gasteiger partial charge < -0.3 is 14.5 Å². The lowest BCUT2D eigenvalue weighted by Crippen LogP contribution is -2.50. The number of piperazine rings is 1. The highest BCUT2D eigenvalue weighted by Crippen LogP contribution is 2.20. The zero-order valence-corrected chi connectivity index (χ0v) is 17.2. The van der Waals surface area contributed by atoms with Crippen LogP contribution in [0.2, 0.25) is 0 Å². The first-order chi connectivity index (χ1) is 14.7. The van der Waals surface area contributed by atoms with Crippen LogP contribution in [0.3, 0.4) is 0 Å². The van der Waals surface area contributed by atoms with Crippen molar-refractivity contribution >= 4 is 11.7 Å². The van der Waals surface area contributed by atoms with Crippen LogP contribution >= 0.6 is 0 Å². The largest absolute Gasteiger partial charge is 0.483 e. The summed E-state index contributed by atoms with van der Waals surface area (Å²) in [6, 6.07) is 21.9. The zero-order chi connectivity index (χ0) is 20.8. The molecule has 30 heavy (non-hydrogen) atoms. The number of benzene rings is 2. The van der Waals surface area contributed by atoms with E-state index in [1.54, 1.807) is 0 Å². The van der Waals surface area contributed by atoms with Gasteiger partial charge in [-0.2, -0.15) is 0 Å². The number of amides is 1. The summed E-state index contributed by atoms with van der Waals surface area (Å²) in [5, 5.41) is 8.76. The van der Waals surface area contributed by atoms with Crippen LogP contribution < -0.4 is 9.64 Å². The van der Waals surface area contributed by atoms with Gasteiger partial charge in [0.2, 0.25) is 0 Å². The summed E-state index contributed by atoms with van der Waals surface area (Å²) in [6.07, 6.45) is 0.882. The molecular weight excluding hydrogens is 376 g/mol. The predicted octanol–water partition coefficient (Wildman–Crippen LogP) is 3.43. The molecule has 0 N–H and O–H groups in total. The number of hydrogen-bond donors (Lipinski definition) is 0. The number of carbonyl (C=O) groups is 1. The summed E-state index contributed by atoms with van der Waals surface area (Å²) < 4.78 is 5.78. The van der Waals surface area contributed by atoms with E-state index in [9.17, 15) is 4.79 Å². The third kappa shape index (κ3) is 4.59. The highest BCUT2D eigenvalue weighted by molar-refractivity contribution is 5.78. The number of nitrogens with zero attached hydrogens (tertiary/aromatic N) is 4. The number of hydrogen-bond acceptors (Lipinski definition) is 5. The van der Waals surface area contributed by atoms with Gasteiger partial charge in [-0.3, -0.25) is 4.79 Å². The van der Waals surface area contributed by atoms with E-state index in [4.69, 9.17) is 4.74 Å². The molecule has 1 saturated heterocycles. The first kappa shape index (κ1) is 19.9. The fourth-order valence-corrected chi connectivity index (χ4v) is 3.61. The lowest BCUT2D eigenvalue weighted by Gasteiger charge is -2.35. The van der Waals surface area contributed by atoms with E-state index in [2.05, 4.69) is 22.0 Å². The molecule has 154 valence electrons. The molecule has 0 radical (unpaired) electrons. The van der Waals surface area contributed by atoms with Crippen molar-refractivity contribution in [2.75, 3.05) is 37.7 Å². The van der Waals surface area contributed by atoms with Crippen LogP contribution in [-0.2, 0) is 11.2 Å². The standard InChI is InChI=1S/C24H26N4O2/c1-2-19-8-6-7-11-22(19)30-18-24(29)28-16-14-27(15-17-28)23-13-12-21(25-26-23)20-9-4-3-5-10-20/h3-13H,2,14-18H2,1H3. The molecule has 0 spiro atoms. The molecule has 2 heterocycles. The Hall–Kier alpha value is -3.41. The molecular formula is C24H26N4O2. The average Bonchev–Trinajstić information content (AvgIpc) is 2.83. The molecule has 0 bridgehead atoms. The van der Waals surface area contributed by atoms with Gasteiger partial charge in [0.05, 0.1) is 5.69 Å². The Balaban J connectivity index is 1.30. The number of carbonyl (C=O) groups excluding carboxylic acids is 1. The zero-order valence-electron chi connectivity index (χ0n) is 17.2. The van der Waals surface area contributed by atoms with Crippen molar-refractivity contribution in [1.82, 2.24) is 15.1 Å². The molecule has 0 unspecified atom stereocenters. The van der Waals surface area contributed by atoms with Crippen molar-refractivity contribution < 1.29 is 9.53 Å². The minimum atomic E-state index is 0.0195. The van der Waals surface area contributed by atoms with Crippen LogP contribution in [0.4, 0.5) is 5.82 Å². The molecule has 1 aliphatic rings. The lowest BCUT2D eigenvalue weighted by molar-refractivity contribution is -0.133. The number of rotatable bonds is 6. The van der Waals surface area contributed by atoms with Crippen molar-refractivity contribution in [2.24, 2.45) is 0 Å². The van der Waals surface area contributed by atoms with E-state index >= 15 is 0 Å². The number of anilines is 1. The quantitative estimate of drug-likeness (QED) is 0.632. The third-order valence-electron chi connectivity index (χ3n) is 5.38. The molecule has 4 rings (SSSR count). The van der Waals surface area contributed by atoms with Crippen LogP contribution in [0, 0.1) is 0 Å². The van der Waals surface area contributed by atoms with Crippen LogP contribution in [0.15, 0.2) is 66.7 Å². The SMILES string of the molecule is CCc1ccccc1OCC(=O)N1CCN(c2ccc(-c3ccccc3)nn2)CC1. The molecule has 6 nitrogen and oxygen atoms in total. The third-order valence-corrected chi connectivity index (χ3v) is 5.38. The number of aryl methyl sites for hydroxylation is 1. The number of aromatic nitrogens is 2. The maximum Gasteiger partial charge on any atom is 0.260 e. The van der Waals surface area contributed by atoms with Gasteiger partial charge in [0.1, 0.15) is 5.75 Å². The molecule has 1 aromatic heterocycles.